The Hall–Kier alpha value is -3.90. The second-order valence-corrected chi connectivity index (χ2v) is 8.11. The van der Waals surface area contributed by atoms with Crippen LogP contribution in [0.4, 0.5) is 5.69 Å². The lowest BCUT2D eigenvalue weighted by Gasteiger charge is -2.14. The molecule has 2 N–H and O–H groups in total. The van der Waals surface area contributed by atoms with Crippen molar-refractivity contribution in [2.45, 2.75) is 20.0 Å². The monoisotopic (exact) mass is 459 g/mol. The third-order valence-corrected chi connectivity index (χ3v) is 5.57. The van der Waals surface area contributed by atoms with Gasteiger partial charge in [-0.3, -0.25) is 19.0 Å². The van der Waals surface area contributed by atoms with Crippen LogP contribution in [-0.2, 0) is 17.9 Å². The Morgan fingerprint density at radius 1 is 0.939 bits per heavy atom. The topological polar surface area (TPSA) is 80.2 Å². The number of nitrogens with zero attached hydrogens (tertiary/aromatic N) is 1. The maximum atomic E-state index is 12.9. The minimum Gasteiger partial charge on any atom is -0.348 e. The van der Waals surface area contributed by atoms with Crippen molar-refractivity contribution in [2.24, 2.45) is 0 Å². The van der Waals surface area contributed by atoms with Crippen molar-refractivity contribution in [2.75, 3.05) is 5.32 Å². The fourth-order valence-corrected chi connectivity index (χ4v) is 3.90. The molecule has 0 spiro atoms. The number of carbonyl (C=O) groups excluding carboxylic acids is 2. The summed E-state index contributed by atoms with van der Waals surface area (Å²) in [7, 11) is 0. The number of fused-ring (bicyclic) bond motifs is 1. The molecule has 6 nitrogen and oxygen atoms in total. The Morgan fingerprint density at radius 2 is 1.67 bits per heavy atom. The molecule has 0 aliphatic carbocycles. The maximum absolute atomic E-state index is 12.9. The summed E-state index contributed by atoms with van der Waals surface area (Å²) in [6.45, 7) is 2.03. The van der Waals surface area contributed by atoms with Gasteiger partial charge in [0.2, 0.25) is 5.91 Å². The van der Waals surface area contributed by atoms with Gasteiger partial charge in [-0.15, -0.1) is 0 Å². The molecule has 0 aliphatic rings. The summed E-state index contributed by atoms with van der Waals surface area (Å²) in [6, 6.07) is 23.1. The highest BCUT2D eigenvalue weighted by molar-refractivity contribution is 6.33. The van der Waals surface area contributed by atoms with Gasteiger partial charge >= 0.3 is 0 Å². The standard InChI is InChI=1S/C26H22ClN3O3/c1-17-11-12-22(21(27)13-17)29-24(31)16-30-23-10-6-5-9-19(23)20(14-25(30)32)26(33)28-15-18-7-3-2-4-8-18/h2-14H,15-16H2,1H3,(H,28,33)(H,29,31). The number of nitrogens with one attached hydrogen (secondary N) is 2. The van der Waals surface area contributed by atoms with E-state index < -0.39 is 11.5 Å². The summed E-state index contributed by atoms with van der Waals surface area (Å²) in [5.74, 6) is -0.746. The number of aryl methyl sites for hydroxylation is 1. The molecule has 1 heterocycles. The molecule has 166 valence electrons. The predicted octanol–water partition coefficient (Wildman–Crippen LogP) is 4.53. The molecule has 4 rings (SSSR count). The number of hydrogen-bond donors (Lipinski definition) is 2. The molecule has 0 radical (unpaired) electrons. The van der Waals surface area contributed by atoms with Gasteiger partial charge in [0.1, 0.15) is 6.54 Å². The van der Waals surface area contributed by atoms with Crippen LogP contribution in [0.2, 0.25) is 5.02 Å². The molecule has 0 saturated heterocycles. The molecule has 4 aromatic rings. The number of anilines is 1. The number of rotatable bonds is 6. The van der Waals surface area contributed by atoms with Gasteiger partial charge in [-0.2, -0.15) is 0 Å². The molecule has 0 atom stereocenters. The second-order valence-electron chi connectivity index (χ2n) is 7.70. The molecule has 2 amide bonds. The molecule has 0 aliphatic heterocycles. The number of amides is 2. The first kappa shape index (κ1) is 22.3. The van der Waals surface area contributed by atoms with E-state index in [0.717, 1.165) is 11.1 Å². The minimum atomic E-state index is -0.441. The summed E-state index contributed by atoms with van der Waals surface area (Å²) < 4.78 is 1.35. The third kappa shape index (κ3) is 5.13. The zero-order valence-corrected chi connectivity index (χ0v) is 18.7. The van der Waals surface area contributed by atoms with Crippen molar-refractivity contribution in [3.05, 3.63) is 111 Å². The number of carbonyl (C=O) groups is 2. The van der Waals surface area contributed by atoms with E-state index in [9.17, 15) is 14.4 Å². The summed E-state index contributed by atoms with van der Waals surface area (Å²) >= 11 is 6.20. The average Bonchev–Trinajstić information content (AvgIpc) is 2.81. The molecule has 33 heavy (non-hydrogen) atoms. The number of para-hydroxylation sites is 1. The van der Waals surface area contributed by atoms with Gasteiger partial charge in [-0.05, 0) is 36.2 Å². The van der Waals surface area contributed by atoms with Crippen LogP contribution >= 0.6 is 11.6 Å². The summed E-state index contributed by atoms with van der Waals surface area (Å²) in [4.78, 5) is 38.5. The molecule has 3 aromatic carbocycles. The van der Waals surface area contributed by atoms with Crippen molar-refractivity contribution >= 4 is 40.0 Å². The van der Waals surface area contributed by atoms with Crippen LogP contribution in [0.15, 0.2) is 83.7 Å². The average molecular weight is 460 g/mol. The van der Waals surface area contributed by atoms with E-state index >= 15 is 0 Å². The lowest BCUT2D eigenvalue weighted by atomic mass is 10.1. The Labute approximate surface area is 195 Å². The van der Waals surface area contributed by atoms with Crippen LogP contribution in [0.3, 0.4) is 0 Å². The number of benzene rings is 3. The molecule has 1 aromatic heterocycles. The van der Waals surface area contributed by atoms with E-state index in [1.165, 1.54) is 10.6 Å². The Bertz CT molecular complexity index is 1400. The van der Waals surface area contributed by atoms with Crippen LogP contribution in [0.5, 0.6) is 0 Å². The van der Waals surface area contributed by atoms with E-state index in [1.807, 2.05) is 43.3 Å². The molecule has 0 bridgehead atoms. The Balaban J connectivity index is 1.60. The summed E-state index contributed by atoms with van der Waals surface area (Å²) in [6.07, 6.45) is 0. The molecule has 0 saturated carbocycles. The van der Waals surface area contributed by atoms with E-state index in [4.69, 9.17) is 11.6 Å². The first-order valence-corrected chi connectivity index (χ1v) is 10.8. The molecule has 7 heteroatoms. The van der Waals surface area contributed by atoms with Crippen molar-refractivity contribution in [3.63, 3.8) is 0 Å². The summed E-state index contributed by atoms with van der Waals surface area (Å²) in [5.41, 5.74) is 2.73. The lowest BCUT2D eigenvalue weighted by Crippen LogP contribution is -2.30. The van der Waals surface area contributed by atoms with Crippen LogP contribution in [0, 0.1) is 6.92 Å². The highest BCUT2D eigenvalue weighted by atomic mass is 35.5. The number of halogens is 1. The van der Waals surface area contributed by atoms with E-state index in [2.05, 4.69) is 10.6 Å². The van der Waals surface area contributed by atoms with Gasteiger partial charge in [0.05, 0.1) is 21.8 Å². The summed E-state index contributed by atoms with van der Waals surface area (Å²) in [5, 5.41) is 6.61. The first-order valence-electron chi connectivity index (χ1n) is 10.4. The van der Waals surface area contributed by atoms with Gasteiger partial charge in [-0.25, -0.2) is 0 Å². The van der Waals surface area contributed by atoms with E-state index in [-0.39, 0.29) is 18.0 Å². The lowest BCUT2D eigenvalue weighted by molar-refractivity contribution is -0.116. The number of aromatic nitrogens is 1. The van der Waals surface area contributed by atoms with Gasteiger partial charge in [0, 0.05) is 18.0 Å². The van der Waals surface area contributed by atoms with Gasteiger partial charge in [0.25, 0.3) is 11.5 Å². The van der Waals surface area contributed by atoms with Crippen molar-refractivity contribution in [1.82, 2.24) is 9.88 Å². The SMILES string of the molecule is Cc1ccc(NC(=O)Cn2c(=O)cc(C(=O)NCc3ccccc3)c3ccccc32)c(Cl)c1. The first-order chi connectivity index (χ1) is 15.9. The zero-order valence-electron chi connectivity index (χ0n) is 18.0. The van der Waals surface area contributed by atoms with Gasteiger partial charge in [-0.1, -0.05) is 66.2 Å². The smallest absolute Gasteiger partial charge is 0.252 e. The largest absolute Gasteiger partial charge is 0.348 e. The molecule has 0 unspecified atom stereocenters. The maximum Gasteiger partial charge on any atom is 0.252 e. The molecular weight excluding hydrogens is 438 g/mol. The third-order valence-electron chi connectivity index (χ3n) is 5.26. The highest BCUT2D eigenvalue weighted by Crippen LogP contribution is 2.23. The van der Waals surface area contributed by atoms with Gasteiger partial charge < -0.3 is 10.6 Å². The van der Waals surface area contributed by atoms with Crippen LogP contribution in [0.1, 0.15) is 21.5 Å². The van der Waals surface area contributed by atoms with Crippen molar-refractivity contribution in [3.8, 4) is 0 Å². The molecular formula is C26H22ClN3O3. The normalized spacial score (nSPS) is 10.7. The Kier molecular flexibility index (Phi) is 6.56. The van der Waals surface area contributed by atoms with Crippen LogP contribution in [0.25, 0.3) is 10.9 Å². The zero-order chi connectivity index (χ0) is 23.4. The number of hydrogen-bond acceptors (Lipinski definition) is 3. The van der Waals surface area contributed by atoms with E-state index in [1.54, 1.807) is 36.4 Å². The Morgan fingerprint density at radius 3 is 2.42 bits per heavy atom. The van der Waals surface area contributed by atoms with Crippen molar-refractivity contribution < 1.29 is 9.59 Å². The van der Waals surface area contributed by atoms with Crippen LogP contribution in [-0.4, -0.2) is 16.4 Å². The van der Waals surface area contributed by atoms with Gasteiger partial charge in [0.15, 0.2) is 0 Å². The fourth-order valence-electron chi connectivity index (χ4n) is 3.61. The second kappa shape index (κ2) is 9.71. The van der Waals surface area contributed by atoms with Crippen LogP contribution < -0.4 is 16.2 Å². The molecule has 0 fully saturated rings. The predicted molar refractivity (Wildman–Crippen MR) is 131 cm³/mol. The quantitative estimate of drug-likeness (QED) is 0.444. The highest BCUT2D eigenvalue weighted by Gasteiger charge is 2.16. The number of pyridine rings is 1. The van der Waals surface area contributed by atoms with Crippen molar-refractivity contribution in [1.29, 1.82) is 0 Å². The van der Waals surface area contributed by atoms with E-state index in [0.29, 0.717) is 28.2 Å². The minimum absolute atomic E-state index is 0.213. The fraction of sp³-hybridized carbons (Fsp3) is 0.115.